The highest BCUT2D eigenvalue weighted by molar-refractivity contribution is 5.47. The fourth-order valence-corrected chi connectivity index (χ4v) is 5.36. The number of halogens is 2. The van der Waals surface area contributed by atoms with E-state index in [4.69, 9.17) is 0 Å². The van der Waals surface area contributed by atoms with E-state index < -0.39 is 11.6 Å². The number of benzene rings is 2. The van der Waals surface area contributed by atoms with Gasteiger partial charge in [-0.1, -0.05) is 50.5 Å². The maximum absolute atomic E-state index is 13.4. The van der Waals surface area contributed by atoms with Gasteiger partial charge >= 0.3 is 0 Å². The van der Waals surface area contributed by atoms with Crippen LogP contribution in [0, 0.1) is 35.3 Å². The minimum atomic E-state index is -0.849. The Morgan fingerprint density at radius 1 is 0.897 bits per heavy atom. The van der Waals surface area contributed by atoms with Crippen LogP contribution in [0.5, 0.6) is 0 Å². The molecule has 0 unspecified atom stereocenters. The second-order valence-electron chi connectivity index (χ2n) is 8.87. The van der Waals surface area contributed by atoms with E-state index in [1.807, 2.05) is 0 Å². The van der Waals surface area contributed by atoms with Crippen LogP contribution in [-0.4, -0.2) is 0 Å². The van der Waals surface area contributed by atoms with Crippen molar-refractivity contribution in [3.63, 3.8) is 0 Å². The van der Waals surface area contributed by atoms with Crippen LogP contribution in [0.4, 0.5) is 8.78 Å². The second-order valence-corrected chi connectivity index (χ2v) is 8.87. The number of hydrogen-bond acceptors (Lipinski definition) is 0. The second kappa shape index (κ2) is 9.12. The van der Waals surface area contributed by atoms with Crippen molar-refractivity contribution >= 4 is 0 Å². The van der Waals surface area contributed by atoms with Crippen molar-refractivity contribution < 1.29 is 8.78 Å². The van der Waals surface area contributed by atoms with Gasteiger partial charge in [0.15, 0.2) is 11.6 Å². The van der Waals surface area contributed by atoms with Gasteiger partial charge in [0.1, 0.15) is 0 Å². The van der Waals surface area contributed by atoms with Crippen LogP contribution >= 0.6 is 0 Å². The van der Waals surface area contributed by atoms with E-state index in [0.29, 0.717) is 5.56 Å². The molecule has 1 saturated carbocycles. The smallest absolute Gasteiger partial charge is 0.160 e. The quantitative estimate of drug-likeness (QED) is 0.376. The van der Waals surface area contributed by atoms with Gasteiger partial charge in [-0.25, -0.2) is 8.78 Å². The monoisotopic (exact) mass is 392 g/mol. The van der Waals surface area contributed by atoms with E-state index in [9.17, 15) is 8.78 Å². The third-order valence-electron chi connectivity index (χ3n) is 6.90. The molecule has 0 N–H and O–H groups in total. The van der Waals surface area contributed by atoms with E-state index in [2.05, 4.69) is 37.0 Å². The maximum atomic E-state index is 13.4. The molecule has 1 fully saturated rings. The minimum absolute atomic E-state index is 0.503. The standard InChI is InChI=1S/C27H30F2/c1-2-3-4-5-19-8-13-24-22(16-19)11-12-23-17-20(9-14-25(23)24)6-7-21-10-15-26(28)27(29)18-21/h9-10,14-15,17-19,22,24H,2-5,8,11-13,16H2,1H3/t19-,22-,24+/m1/s1. The summed E-state index contributed by atoms with van der Waals surface area (Å²) in [5.74, 6) is 6.91. The molecule has 152 valence electrons. The Labute approximate surface area is 173 Å². The Hall–Kier alpha value is -2.14. The van der Waals surface area contributed by atoms with E-state index >= 15 is 0 Å². The van der Waals surface area contributed by atoms with E-state index in [1.165, 1.54) is 68.6 Å². The van der Waals surface area contributed by atoms with Gasteiger partial charge in [0, 0.05) is 11.1 Å². The van der Waals surface area contributed by atoms with Crippen molar-refractivity contribution in [1.29, 1.82) is 0 Å². The molecule has 3 atom stereocenters. The topological polar surface area (TPSA) is 0 Å². The molecule has 0 radical (unpaired) electrons. The fraction of sp³-hybridized carbons (Fsp3) is 0.481. The predicted octanol–water partition coefficient (Wildman–Crippen LogP) is 7.39. The van der Waals surface area contributed by atoms with Crippen LogP contribution in [0.2, 0.25) is 0 Å². The van der Waals surface area contributed by atoms with Gasteiger partial charge < -0.3 is 0 Å². The van der Waals surface area contributed by atoms with Gasteiger partial charge in [0.2, 0.25) is 0 Å². The van der Waals surface area contributed by atoms with Crippen LogP contribution < -0.4 is 0 Å². The van der Waals surface area contributed by atoms with Gasteiger partial charge in [0.25, 0.3) is 0 Å². The molecule has 0 aliphatic heterocycles. The summed E-state index contributed by atoms with van der Waals surface area (Å²) < 4.78 is 26.4. The van der Waals surface area contributed by atoms with Crippen molar-refractivity contribution in [2.24, 2.45) is 11.8 Å². The first-order valence-corrected chi connectivity index (χ1v) is 11.2. The average molecular weight is 393 g/mol. The fourth-order valence-electron chi connectivity index (χ4n) is 5.36. The summed E-state index contributed by atoms with van der Waals surface area (Å²) in [5, 5.41) is 0. The first-order valence-electron chi connectivity index (χ1n) is 11.2. The Morgan fingerprint density at radius 3 is 2.48 bits per heavy atom. The Bertz CT molecular complexity index is 918. The molecular formula is C27H30F2. The normalized spacial score (nSPS) is 22.9. The SMILES string of the molecule is CCCCC[C@@H]1CC[C@@H]2c3ccc(C#Cc4ccc(F)c(F)c4)cc3CC[C@@H]2C1. The van der Waals surface area contributed by atoms with Crippen LogP contribution in [0.1, 0.15) is 86.5 Å². The molecule has 0 bridgehead atoms. The van der Waals surface area contributed by atoms with Crippen LogP contribution in [0.15, 0.2) is 36.4 Å². The number of aryl methyl sites for hydroxylation is 1. The number of fused-ring (bicyclic) bond motifs is 3. The lowest BCUT2D eigenvalue weighted by Gasteiger charge is -2.40. The molecule has 2 aromatic carbocycles. The van der Waals surface area contributed by atoms with Crippen LogP contribution in [0.3, 0.4) is 0 Å². The van der Waals surface area contributed by atoms with Crippen molar-refractivity contribution in [2.75, 3.05) is 0 Å². The zero-order valence-corrected chi connectivity index (χ0v) is 17.3. The summed E-state index contributed by atoms with van der Waals surface area (Å²) in [4.78, 5) is 0. The highest BCUT2D eigenvalue weighted by atomic mass is 19.2. The Balaban J connectivity index is 1.45. The van der Waals surface area contributed by atoms with Gasteiger partial charge in [0.05, 0.1) is 0 Å². The summed E-state index contributed by atoms with van der Waals surface area (Å²) >= 11 is 0. The summed E-state index contributed by atoms with van der Waals surface area (Å²) in [6, 6.07) is 10.4. The molecule has 2 aromatic rings. The average Bonchev–Trinajstić information content (AvgIpc) is 2.74. The highest BCUT2D eigenvalue weighted by Gasteiger charge is 2.34. The van der Waals surface area contributed by atoms with Gasteiger partial charge in [-0.15, -0.1) is 0 Å². The van der Waals surface area contributed by atoms with Gasteiger partial charge in [-0.2, -0.15) is 0 Å². The molecule has 0 spiro atoms. The van der Waals surface area contributed by atoms with E-state index in [0.717, 1.165) is 41.9 Å². The number of hydrogen-bond donors (Lipinski definition) is 0. The molecule has 2 aliphatic rings. The van der Waals surface area contributed by atoms with E-state index in [1.54, 1.807) is 0 Å². The molecule has 0 saturated heterocycles. The summed E-state index contributed by atoms with van der Waals surface area (Å²) in [7, 11) is 0. The largest absolute Gasteiger partial charge is 0.204 e. The zero-order chi connectivity index (χ0) is 20.2. The molecular weight excluding hydrogens is 362 g/mol. The molecule has 0 nitrogen and oxygen atoms in total. The number of rotatable bonds is 4. The lowest BCUT2D eigenvalue weighted by atomic mass is 9.64. The van der Waals surface area contributed by atoms with Gasteiger partial charge in [-0.3, -0.25) is 0 Å². The molecule has 2 aliphatic carbocycles. The molecule has 2 heteroatoms. The Kier molecular flexibility index (Phi) is 6.34. The Morgan fingerprint density at radius 2 is 1.69 bits per heavy atom. The first-order chi connectivity index (χ1) is 14.1. The minimum Gasteiger partial charge on any atom is -0.204 e. The third-order valence-corrected chi connectivity index (χ3v) is 6.90. The summed E-state index contributed by atoms with van der Waals surface area (Å²) in [6.07, 6.45) is 12.1. The lowest BCUT2D eigenvalue weighted by Crippen LogP contribution is -2.28. The van der Waals surface area contributed by atoms with Crippen molar-refractivity contribution in [2.45, 2.75) is 70.6 Å². The molecule has 0 amide bonds. The van der Waals surface area contributed by atoms with Crippen molar-refractivity contribution in [3.05, 3.63) is 70.3 Å². The zero-order valence-electron chi connectivity index (χ0n) is 17.3. The van der Waals surface area contributed by atoms with Crippen LogP contribution in [0.25, 0.3) is 0 Å². The predicted molar refractivity (Wildman–Crippen MR) is 115 cm³/mol. The summed E-state index contributed by atoms with van der Waals surface area (Å²) in [6.45, 7) is 2.28. The van der Waals surface area contributed by atoms with E-state index in [-0.39, 0.29) is 0 Å². The van der Waals surface area contributed by atoms with Crippen molar-refractivity contribution in [1.82, 2.24) is 0 Å². The van der Waals surface area contributed by atoms with Crippen molar-refractivity contribution in [3.8, 4) is 11.8 Å². The lowest BCUT2D eigenvalue weighted by molar-refractivity contribution is 0.199. The number of unbranched alkanes of at least 4 members (excludes halogenated alkanes) is 2. The molecule has 4 rings (SSSR count). The van der Waals surface area contributed by atoms with Gasteiger partial charge in [-0.05, 0) is 91.3 Å². The highest BCUT2D eigenvalue weighted by Crippen LogP contribution is 2.48. The third kappa shape index (κ3) is 4.72. The summed E-state index contributed by atoms with van der Waals surface area (Å²) in [5.41, 5.74) is 4.43. The molecule has 0 heterocycles. The molecule has 0 aromatic heterocycles. The maximum Gasteiger partial charge on any atom is 0.160 e. The molecule has 29 heavy (non-hydrogen) atoms. The van der Waals surface area contributed by atoms with Crippen LogP contribution in [-0.2, 0) is 6.42 Å². The first kappa shape index (κ1) is 20.1.